The van der Waals surface area contributed by atoms with Crippen LogP contribution >= 0.6 is 0 Å². The summed E-state index contributed by atoms with van der Waals surface area (Å²) in [5.41, 5.74) is 0. The molecule has 0 fully saturated rings. The van der Waals surface area contributed by atoms with Crippen LogP contribution in [0.2, 0.25) is 0 Å². The molecule has 0 aliphatic heterocycles. The van der Waals surface area contributed by atoms with Crippen molar-refractivity contribution in [2.45, 2.75) is 25.9 Å². The summed E-state index contributed by atoms with van der Waals surface area (Å²) in [4.78, 5) is 0. The Labute approximate surface area is 69.2 Å². The van der Waals surface area contributed by atoms with E-state index in [1.165, 1.54) is 6.08 Å². The molecule has 12 heavy (non-hydrogen) atoms. The molecule has 1 nitrogen and oxygen atoms in total. The number of rotatable bonds is 3. The lowest BCUT2D eigenvalue weighted by molar-refractivity contribution is -0.125. The Hall–Kier alpha value is -0.930. The van der Waals surface area contributed by atoms with Crippen LogP contribution in [-0.2, 0) is 0 Å². The van der Waals surface area contributed by atoms with Crippen LogP contribution in [0.25, 0.3) is 0 Å². The normalized spacial score (nSPS) is 14.2. The van der Waals surface area contributed by atoms with Crippen molar-refractivity contribution in [3.05, 3.63) is 24.0 Å². The molecule has 70 valence electrons. The van der Waals surface area contributed by atoms with Crippen molar-refractivity contribution in [3.63, 3.8) is 0 Å². The van der Waals surface area contributed by atoms with Gasteiger partial charge in [0.25, 0.3) is 0 Å². The van der Waals surface area contributed by atoms with E-state index in [2.05, 4.69) is 0 Å². The van der Waals surface area contributed by atoms with Crippen molar-refractivity contribution in [1.82, 2.24) is 0 Å². The molecule has 0 heterocycles. The summed E-state index contributed by atoms with van der Waals surface area (Å²) in [6.45, 7) is 1.79. The molecule has 0 spiro atoms. The second-order valence-electron chi connectivity index (χ2n) is 2.26. The van der Waals surface area contributed by atoms with Gasteiger partial charge in [0, 0.05) is 0 Å². The summed E-state index contributed by atoms with van der Waals surface area (Å²) in [6.07, 6.45) is -1.22. The Bertz CT molecular complexity index is 179. The number of hydrogen-bond donors (Lipinski definition) is 1. The van der Waals surface area contributed by atoms with Gasteiger partial charge in [-0.1, -0.05) is 13.0 Å². The molecule has 0 amide bonds. The van der Waals surface area contributed by atoms with Crippen molar-refractivity contribution in [3.8, 4) is 0 Å². The maximum atomic E-state index is 11.5. The fourth-order valence-corrected chi connectivity index (χ4v) is 0.590. The Morgan fingerprint density at radius 3 is 2.42 bits per heavy atom. The van der Waals surface area contributed by atoms with Gasteiger partial charge in [-0.3, -0.25) is 0 Å². The second kappa shape index (κ2) is 4.85. The molecular formula is C8H11F3O. The van der Waals surface area contributed by atoms with E-state index in [1.54, 1.807) is 6.92 Å². The first-order valence-corrected chi connectivity index (χ1v) is 3.58. The smallest absolute Gasteiger partial charge is 0.392 e. The molecular weight excluding hydrogens is 169 g/mol. The standard InChI is InChI=1S/C8H11F3O/c1-2-4-7(12)5-3-6-8(9,10)11/h3-5,12H,2,6H2,1H3/b5-3-,7-4+. The molecule has 0 aliphatic rings. The van der Waals surface area contributed by atoms with Crippen molar-refractivity contribution in [1.29, 1.82) is 0 Å². The van der Waals surface area contributed by atoms with Crippen LogP contribution in [-0.4, -0.2) is 11.3 Å². The first-order valence-electron chi connectivity index (χ1n) is 3.58. The molecule has 0 saturated carbocycles. The zero-order chi connectivity index (χ0) is 9.61. The highest BCUT2D eigenvalue weighted by Crippen LogP contribution is 2.19. The number of hydrogen-bond acceptors (Lipinski definition) is 1. The van der Waals surface area contributed by atoms with Crippen LogP contribution in [0, 0.1) is 0 Å². The van der Waals surface area contributed by atoms with Crippen LogP contribution in [0.3, 0.4) is 0 Å². The number of allylic oxidation sites excluding steroid dienone is 3. The van der Waals surface area contributed by atoms with E-state index in [0.717, 1.165) is 12.2 Å². The SMILES string of the molecule is CC/C=C(O)\C=C/CC(F)(F)F. The monoisotopic (exact) mass is 180 g/mol. The van der Waals surface area contributed by atoms with Crippen LogP contribution < -0.4 is 0 Å². The van der Waals surface area contributed by atoms with Crippen molar-refractivity contribution in [2.24, 2.45) is 0 Å². The summed E-state index contributed by atoms with van der Waals surface area (Å²) in [5.74, 6) is -0.123. The summed E-state index contributed by atoms with van der Waals surface area (Å²) in [5, 5.41) is 8.85. The third-order valence-electron chi connectivity index (χ3n) is 1.05. The fraction of sp³-hybridized carbons (Fsp3) is 0.500. The Morgan fingerprint density at radius 2 is 2.00 bits per heavy atom. The third kappa shape index (κ3) is 7.18. The highest BCUT2D eigenvalue weighted by atomic mass is 19.4. The van der Waals surface area contributed by atoms with E-state index in [-0.39, 0.29) is 5.76 Å². The summed E-state index contributed by atoms with van der Waals surface area (Å²) in [6, 6.07) is 0. The predicted molar refractivity (Wildman–Crippen MR) is 40.8 cm³/mol. The average Bonchev–Trinajstić information content (AvgIpc) is 1.84. The zero-order valence-corrected chi connectivity index (χ0v) is 6.73. The van der Waals surface area contributed by atoms with Gasteiger partial charge in [-0.2, -0.15) is 13.2 Å². The molecule has 0 aliphatic carbocycles. The number of aliphatic hydroxyl groups excluding tert-OH is 1. The van der Waals surface area contributed by atoms with Gasteiger partial charge >= 0.3 is 6.18 Å². The van der Waals surface area contributed by atoms with Gasteiger partial charge in [0.1, 0.15) is 5.76 Å². The van der Waals surface area contributed by atoms with Gasteiger partial charge in [0.2, 0.25) is 0 Å². The van der Waals surface area contributed by atoms with E-state index in [9.17, 15) is 13.2 Å². The largest absolute Gasteiger partial charge is 0.508 e. The van der Waals surface area contributed by atoms with Gasteiger partial charge in [-0.15, -0.1) is 0 Å². The first kappa shape index (κ1) is 11.1. The van der Waals surface area contributed by atoms with E-state index in [1.807, 2.05) is 0 Å². The van der Waals surface area contributed by atoms with E-state index < -0.39 is 12.6 Å². The summed E-state index contributed by atoms with van der Waals surface area (Å²) >= 11 is 0. The minimum Gasteiger partial charge on any atom is -0.508 e. The highest BCUT2D eigenvalue weighted by Gasteiger charge is 2.24. The molecule has 1 N–H and O–H groups in total. The molecule has 4 heteroatoms. The number of halogens is 3. The molecule has 0 rings (SSSR count). The van der Waals surface area contributed by atoms with Crippen LogP contribution in [0.1, 0.15) is 19.8 Å². The van der Waals surface area contributed by atoms with Gasteiger partial charge in [0.15, 0.2) is 0 Å². The molecule has 0 saturated heterocycles. The number of aliphatic hydroxyl groups is 1. The van der Waals surface area contributed by atoms with Crippen molar-refractivity contribution >= 4 is 0 Å². The molecule has 0 aromatic rings. The minimum absolute atomic E-state index is 0.123. The summed E-state index contributed by atoms with van der Waals surface area (Å²) in [7, 11) is 0. The average molecular weight is 180 g/mol. The maximum Gasteiger partial charge on any atom is 0.392 e. The topological polar surface area (TPSA) is 20.2 Å². The second-order valence-corrected chi connectivity index (χ2v) is 2.26. The Balaban J connectivity index is 3.85. The molecule has 0 aromatic heterocycles. The van der Waals surface area contributed by atoms with Crippen LogP contribution in [0.5, 0.6) is 0 Å². The van der Waals surface area contributed by atoms with E-state index in [4.69, 9.17) is 5.11 Å². The van der Waals surface area contributed by atoms with Gasteiger partial charge in [-0.05, 0) is 18.6 Å². The highest BCUT2D eigenvalue weighted by molar-refractivity contribution is 5.10. The van der Waals surface area contributed by atoms with Gasteiger partial charge < -0.3 is 5.11 Å². The molecule has 0 aromatic carbocycles. The first-order chi connectivity index (χ1) is 5.45. The quantitative estimate of drug-likeness (QED) is 0.521. The molecule has 0 radical (unpaired) electrons. The number of alkyl halides is 3. The minimum atomic E-state index is -4.19. The maximum absolute atomic E-state index is 11.5. The van der Waals surface area contributed by atoms with Gasteiger partial charge in [-0.25, -0.2) is 0 Å². The predicted octanol–water partition coefficient (Wildman–Crippen LogP) is 3.35. The summed E-state index contributed by atoms with van der Waals surface area (Å²) < 4.78 is 34.6. The van der Waals surface area contributed by atoms with Crippen molar-refractivity contribution in [2.75, 3.05) is 0 Å². The van der Waals surface area contributed by atoms with Crippen molar-refractivity contribution < 1.29 is 18.3 Å². The van der Waals surface area contributed by atoms with Gasteiger partial charge in [0.05, 0.1) is 6.42 Å². The fourth-order valence-electron chi connectivity index (χ4n) is 0.590. The third-order valence-corrected chi connectivity index (χ3v) is 1.05. The lowest BCUT2D eigenvalue weighted by atomic mass is 10.3. The van der Waals surface area contributed by atoms with E-state index >= 15 is 0 Å². The molecule has 0 atom stereocenters. The lowest BCUT2D eigenvalue weighted by Crippen LogP contribution is -2.04. The van der Waals surface area contributed by atoms with Crippen LogP contribution in [0.15, 0.2) is 24.0 Å². The molecule has 0 unspecified atom stereocenters. The molecule has 0 bridgehead atoms. The van der Waals surface area contributed by atoms with E-state index in [0.29, 0.717) is 6.42 Å². The Kier molecular flexibility index (Phi) is 4.47. The lowest BCUT2D eigenvalue weighted by Gasteiger charge is -1.99. The van der Waals surface area contributed by atoms with Crippen LogP contribution in [0.4, 0.5) is 13.2 Å². The Morgan fingerprint density at radius 1 is 1.42 bits per heavy atom. The zero-order valence-electron chi connectivity index (χ0n) is 6.73.